The van der Waals surface area contributed by atoms with Gasteiger partial charge in [-0.3, -0.25) is 14.5 Å². The van der Waals surface area contributed by atoms with E-state index in [4.69, 9.17) is 0 Å². The van der Waals surface area contributed by atoms with Crippen LogP contribution in [0.25, 0.3) is 0 Å². The number of imide groups is 1. The van der Waals surface area contributed by atoms with Crippen molar-refractivity contribution in [3.8, 4) is 0 Å². The van der Waals surface area contributed by atoms with Crippen molar-refractivity contribution in [1.29, 1.82) is 0 Å². The summed E-state index contributed by atoms with van der Waals surface area (Å²) in [4.78, 5) is 24.9. The van der Waals surface area contributed by atoms with E-state index < -0.39 is 0 Å². The molecule has 0 aromatic heterocycles. The summed E-state index contributed by atoms with van der Waals surface area (Å²) in [6, 6.07) is 3.71. The summed E-state index contributed by atoms with van der Waals surface area (Å²) in [6.45, 7) is 4.52. The van der Waals surface area contributed by atoms with Crippen molar-refractivity contribution in [2.75, 3.05) is 18.9 Å². The molecule has 4 heteroatoms. The van der Waals surface area contributed by atoms with E-state index in [1.807, 2.05) is 26.0 Å². The van der Waals surface area contributed by atoms with Gasteiger partial charge in [-0.2, -0.15) is 0 Å². The summed E-state index contributed by atoms with van der Waals surface area (Å²) in [7, 11) is 1.51. The van der Waals surface area contributed by atoms with E-state index in [9.17, 15) is 9.59 Å². The number of benzene rings is 1. The van der Waals surface area contributed by atoms with Crippen molar-refractivity contribution in [2.45, 2.75) is 13.8 Å². The summed E-state index contributed by atoms with van der Waals surface area (Å²) in [5, 5.41) is 3.11. The lowest BCUT2D eigenvalue weighted by molar-refractivity contribution is 0.0693. The molecule has 1 aromatic carbocycles. The fourth-order valence-corrected chi connectivity index (χ4v) is 1.97. The lowest BCUT2D eigenvalue weighted by atomic mass is 10.0. The normalized spacial score (nSPS) is 14.3. The fraction of sp³-hybridized carbons (Fsp3) is 0.333. The van der Waals surface area contributed by atoms with E-state index in [-0.39, 0.29) is 11.8 Å². The second-order valence-electron chi connectivity index (χ2n) is 3.88. The Labute approximate surface area is 94.2 Å². The van der Waals surface area contributed by atoms with Crippen LogP contribution >= 0.6 is 0 Å². The van der Waals surface area contributed by atoms with E-state index in [1.165, 1.54) is 11.9 Å². The van der Waals surface area contributed by atoms with Gasteiger partial charge < -0.3 is 5.32 Å². The van der Waals surface area contributed by atoms with E-state index in [0.717, 1.165) is 17.8 Å². The Morgan fingerprint density at radius 2 is 1.81 bits per heavy atom. The van der Waals surface area contributed by atoms with E-state index in [0.29, 0.717) is 11.1 Å². The third-order valence-corrected chi connectivity index (χ3v) is 2.82. The number of amides is 2. The van der Waals surface area contributed by atoms with Gasteiger partial charge in [0, 0.05) is 19.3 Å². The molecule has 1 aromatic rings. The Bertz CT molecular complexity index is 480. The average Bonchev–Trinajstić information content (AvgIpc) is 2.49. The topological polar surface area (TPSA) is 49.4 Å². The first-order chi connectivity index (χ1) is 7.57. The number of hydrogen-bond acceptors (Lipinski definition) is 3. The van der Waals surface area contributed by atoms with Crippen molar-refractivity contribution < 1.29 is 9.59 Å². The molecule has 1 aliphatic rings. The van der Waals surface area contributed by atoms with Crippen molar-refractivity contribution in [3.05, 3.63) is 28.8 Å². The monoisotopic (exact) mass is 218 g/mol. The molecule has 2 amide bonds. The summed E-state index contributed by atoms with van der Waals surface area (Å²) in [6.07, 6.45) is 0. The zero-order valence-corrected chi connectivity index (χ0v) is 9.63. The zero-order valence-electron chi connectivity index (χ0n) is 9.63. The predicted molar refractivity (Wildman–Crippen MR) is 61.8 cm³/mol. The lowest BCUT2D eigenvalue weighted by Gasteiger charge is -2.08. The van der Waals surface area contributed by atoms with Crippen LogP contribution in [0.4, 0.5) is 5.69 Å². The molecule has 16 heavy (non-hydrogen) atoms. The van der Waals surface area contributed by atoms with Crippen LogP contribution in [0, 0.1) is 6.92 Å². The fourth-order valence-electron chi connectivity index (χ4n) is 1.97. The van der Waals surface area contributed by atoms with Gasteiger partial charge in [0.15, 0.2) is 0 Å². The number of hydrogen-bond donors (Lipinski definition) is 1. The zero-order chi connectivity index (χ0) is 11.9. The minimum absolute atomic E-state index is 0.211. The summed E-state index contributed by atoms with van der Waals surface area (Å²) < 4.78 is 0. The molecule has 0 saturated carbocycles. The molecule has 4 nitrogen and oxygen atoms in total. The Morgan fingerprint density at radius 3 is 2.44 bits per heavy atom. The molecule has 0 spiro atoms. The maximum absolute atomic E-state index is 11.9. The number of carbonyl (C=O) groups is 2. The second kappa shape index (κ2) is 3.63. The molecular formula is C12H14N2O2. The number of carbonyl (C=O) groups excluding carboxylic acids is 2. The summed E-state index contributed by atoms with van der Waals surface area (Å²) in [5.74, 6) is -0.433. The van der Waals surface area contributed by atoms with Gasteiger partial charge >= 0.3 is 0 Å². The van der Waals surface area contributed by atoms with Gasteiger partial charge in [0.25, 0.3) is 11.8 Å². The lowest BCUT2D eigenvalue weighted by Crippen LogP contribution is -2.24. The Morgan fingerprint density at radius 1 is 1.19 bits per heavy atom. The third-order valence-electron chi connectivity index (χ3n) is 2.82. The van der Waals surface area contributed by atoms with E-state index in [1.54, 1.807) is 0 Å². The minimum atomic E-state index is -0.223. The van der Waals surface area contributed by atoms with Gasteiger partial charge in [-0.15, -0.1) is 0 Å². The predicted octanol–water partition coefficient (Wildman–Crippen LogP) is 1.65. The average molecular weight is 218 g/mol. The first-order valence-electron chi connectivity index (χ1n) is 5.27. The van der Waals surface area contributed by atoms with E-state index >= 15 is 0 Å². The number of rotatable bonds is 2. The standard InChI is InChI=1S/C12H14N2O2/c1-4-13-8-6-5-7(2)9-10(8)12(16)14(3)11(9)15/h5-6,13H,4H2,1-3H3. The molecule has 0 fully saturated rings. The van der Waals surface area contributed by atoms with Crippen LogP contribution in [-0.4, -0.2) is 30.3 Å². The molecule has 2 rings (SSSR count). The van der Waals surface area contributed by atoms with Crippen LogP contribution in [-0.2, 0) is 0 Å². The highest BCUT2D eigenvalue weighted by Gasteiger charge is 2.36. The van der Waals surface area contributed by atoms with Gasteiger partial charge in [0.1, 0.15) is 0 Å². The van der Waals surface area contributed by atoms with Crippen molar-refractivity contribution in [2.24, 2.45) is 0 Å². The molecule has 1 aliphatic heterocycles. The number of nitrogens with one attached hydrogen (secondary N) is 1. The number of anilines is 1. The van der Waals surface area contributed by atoms with Crippen LogP contribution in [0.2, 0.25) is 0 Å². The van der Waals surface area contributed by atoms with Crippen LogP contribution < -0.4 is 5.32 Å². The largest absolute Gasteiger partial charge is 0.385 e. The maximum atomic E-state index is 11.9. The molecule has 0 bridgehead atoms. The van der Waals surface area contributed by atoms with Gasteiger partial charge in [-0.05, 0) is 25.5 Å². The maximum Gasteiger partial charge on any atom is 0.263 e. The van der Waals surface area contributed by atoms with Gasteiger partial charge in [0.2, 0.25) is 0 Å². The van der Waals surface area contributed by atoms with Gasteiger partial charge in [-0.25, -0.2) is 0 Å². The smallest absolute Gasteiger partial charge is 0.263 e. The molecule has 0 radical (unpaired) electrons. The Kier molecular flexibility index (Phi) is 2.42. The highest BCUT2D eigenvalue weighted by molar-refractivity contribution is 6.24. The Hall–Kier alpha value is -1.84. The minimum Gasteiger partial charge on any atom is -0.385 e. The Balaban J connectivity index is 2.67. The number of fused-ring (bicyclic) bond motifs is 1. The highest BCUT2D eigenvalue weighted by Crippen LogP contribution is 2.30. The quantitative estimate of drug-likeness (QED) is 0.768. The molecule has 0 aliphatic carbocycles. The van der Waals surface area contributed by atoms with Crippen molar-refractivity contribution in [3.63, 3.8) is 0 Å². The molecule has 0 unspecified atom stereocenters. The first-order valence-corrected chi connectivity index (χ1v) is 5.27. The van der Waals surface area contributed by atoms with Crippen LogP contribution in [0.1, 0.15) is 33.2 Å². The molecule has 0 atom stereocenters. The molecule has 1 N–H and O–H groups in total. The van der Waals surface area contributed by atoms with Gasteiger partial charge in [0.05, 0.1) is 11.1 Å². The van der Waals surface area contributed by atoms with Crippen molar-refractivity contribution in [1.82, 2.24) is 4.90 Å². The SMILES string of the molecule is CCNc1ccc(C)c2c1C(=O)N(C)C2=O. The number of nitrogens with zero attached hydrogens (tertiary/aromatic N) is 1. The molecule has 84 valence electrons. The number of aryl methyl sites for hydroxylation is 1. The third kappa shape index (κ3) is 1.30. The first kappa shape index (κ1) is 10.7. The van der Waals surface area contributed by atoms with Crippen LogP contribution in [0.5, 0.6) is 0 Å². The van der Waals surface area contributed by atoms with Crippen molar-refractivity contribution >= 4 is 17.5 Å². The summed E-state index contributed by atoms with van der Waals surface area (Å²) >= 11 is 0. The van der Waals surface area contributed by atoms with Gasteiger partial charge in [-0.1, -0.05) is 6.07 Å². The summed E-state index contributed by atoms with van der Waals surface area (Å²) in [5.41, 5.74) is 2.63. The molecule has 1 heterocycles. The van der Waals surface area contributed by atoms with Crippen LogP contribution in [0.15, 0.2) is 12.1 Å². The second-order valence-corrected chi connectivity index (χ2v) is 3.88. The van der Waals surface area contributed by atoms with E-state index in [2.05, 4.69) is 5.32 Å². The highest BCUT2D eigenvalue weighted by atomic mass is 16.2. The van der Waals surface area contributed by atoms with Crippen LogP contribution in [0.3, 0.4) is 0 Å². The molecular weight excluding hydrogens is 204 g/mol. The molecule has 0 saturated heterocycles.